The Kier molecular flexibility index (Phi) is 5.42. The number of halogens is 2. The Labute approximate surface area is 185 Å². The summed E-state index contributed by atoms with van der Waals surface area (Å²) in [4.78, 5) is 40.4. The number of aliphatic hydroxyl groups excluding tert-OH is 2. The van der Waals surface area contributed by atoms with Crippen LogP contribution in [0.15, 0.2) is 35.3 Å². The van der Waals surface area contributed by atoms with Gasteiger partial charge < -0.3 is 30.3 Å². The van der Waals surface area contributed by atoms with E-state index in [-0.39, 0.29) is 23.0 Å². The normalized spacial score (nSPS) is 25.0. The smallest absolute Gasteiger partial charge is 0.351 e. The third-order valence-electron chi connectivity index (χ3n) is 5.29. The zero-order chi connectivity index (χ0) is 24.1. The van der Waals surface area contributed by atoms with Crippen molar-refractivity contribution in [2.45, 2.75) is 43.8 Å². The molecule has 4 N–H and O–H groups in total. The number of anilines is 2. The summed E-state index contributed by atoms with van der Waals surface area (Å²) in [6.45, 7) is 2.27. The minimum absolute atomic E-state index is 0.131. The number of carbonyl (C=O) groups is 2. The first-order chi connectivity index (χ1) is 15.4. The summed E-state index contributed by atoms with van der Waals surface area (Å²) >= 11 is 0. The number of amides is 2. The Hall–Kier alpha value is -3.42. The molecule has 33 heavy (non-hydrogen) atoms. The molecule has 2 aliphatic heterocycles. The molecule has 1 aromatic carbocycles. The maximum absolute atomic E-state index is 14.3. The summed E-state index contributed by atoms with van der Waals surface area (Å²) in [5.74, 6) is -4.80. The number of nitrogens with zero attached hydrogens (tertiary/aromatic N) is 2. The van der Waals surface area contributed by atoms with Crippen LogP contribution in [0.25, 0.3) is 0 Å². The average molecular weight is 466 g/mol. The summed E-state index contributed by atoms with van der Waals surface area (Å²) in [5, 5.41) is 23.7. The van der Waals surface area contributed by atoms with Crippen molar-refractivity contribution in [1.82, 2.24) is 9.55 Å². The Morgan fingerprint density at radius 1 is 1.30 bits per heavy atom. The summed E-state index contributed by atoms with van der Waals surface area (Å²) in [5.41, 5.74) is -1.79. The van der Waals surface area contributed by atoms with Gasteiger partial charge in [0.1, 0.15) is 17.7 Å². The van der Waals surface area contributed by atoms with Gasteiger partial charge in [0.15, 0.2) is 11.7 Å². The average Bonchev–Trinajstić information content (AvgIpc) is 2.97. The van der Waals surface area contributed by atoms with Crippen LogP contribution in [0.3, 0.4) is 0 Å². The summed E-state index contributed by atoms with van der Waals surface area (Å²) in [6.07, 6.45) is -5.12. The molecule has 2 aromatic rings. The van der Waals surface area contributed by atoms with Crippen molar-refractivity contribution in [1.29, 1.82) is 0 Å². The van der Waals surface area contributed by atoms with Crippen LogP contribution in [0.2, 0.25) is 0 Å². The fourth-order valence-electron chi connectivity index (χ4n) is 3.41. The molecule has 2 amide bonds. The molecular formula is C20H20F2N4O7. The number of fused-ring (bicyclic) bond motifs is 1. The monoisotopic (exact) mass is 466 g/mol. The third-order valence-corrected chi connectivity index (χ3v) is 5.29. The van der Waals surface area contributed by atoms with E-state index in [2.05, 4.69) is 15.6 Å². The van der Waals surface area contributed by atoms with Crippen LogP contribution >= 0.6 is 0 Å². The van der Waals surface area contributed by atoms with Crippen LogP contribution in [0.4, 0.5) is 20.3 Å². The van der Waals surface area contributed by atoms with Crippen molar-refractivity contribution < 1.29 is 38.1 Å². The number of hydrogen-bond donors (Lipinski definition) is 4. The molecule has 0 spiro atoms. The molecule has 2 aliphatic rings. The lowest BCUT2D eigenvalue weighted by molar-refractivity contribution is -0.140. The van der Waals surface area contributed by atoms with E-state index in [4.69, 9.17) is 14.6 Å². The number of hydrogen-bond acceptors (Lipinski definition) is 8. The predicted octanol–water partition coefficient (Wildman–Crippen LogP) is 0.491. The zero-order valence-corrected chi connectivity index (χ0v) is 17.4. The fraction of sp³-hybridized carbons (Fsp3) is 0.400. The van der Waals surface area contributed by atoms with Crippen LogP contribution in [0, 0.1) is 0 Å². The lowest BCUT2D eigenvalue weighted by atomic mass is 10.0. The first-order valence-electron chi connectivity index (χ1n) is 9.81. The van der Waals surface area contributed by atoms with Crippen molar-refractivity contribution in [3.8, 4) is 5.75 Å². The number of benzene rings is 1. The first-order valence-corrected chi connectivity index (χ1v) is 9.81. The van der Waals surface area contributed by atoms with Gasteiger partial charge in [0, 0.05) is 11.8 Å². The molecule has 1 aromatic heterocycles. The van der Waals surface area contributed by atoms with Gasteiger partial charge in [-0.2, -0.15) is 13.8 Å². The van der Waals surface area contributed by atoms with Crippen LogP contribution < -0.4 is 21.1 Å². The van der Waals surface area contributed by atoms with E-state index in [0.29, 0.717) is 10.3 Å². The number of carbonyl (C=O) groups excluding carboxylic acids is 2. The molecule has 0 saturated carbocycles. The number of aliphatic hydroxyl groups is 2. The second-order valence-electron chi connectivity index (χ2n) is 8.06. The second-order valence-corrected chi connectivity index (χ2v) is 8.06. The molecule has 1 fully saturated rings. The van der Waals surface area contributed by atoms with Gasteiger partial charge in [-0.25, -0.2) is 4.79 Å². The topological polar surface area (TPSA) is 152 Å². The van der Waals surface area contributed by atoms with Crippen LogP contribution in [-0.4, -0.2) is 61.9 Å². The second kappa shape index (κ2) is 7.86. The Balaban J connectivity index is 1.53. The van der Waals surface area contributed by atoms with Gasteiger partial charge in [0.05, 0.1) is 12.3 Å². The van der Waals surface area contributed by atoms with E-state index < -0.39 is 48.2 Å². The number of ether oxygens (including phenoxy) is 2. The Bertz CT molecular complexity index is 1180. The van der Waals surface area contributed by atoms with Crippen molar-refractivity contribution >= 4 is 23.3 Å². The molecule has 4 rings (SSSR count). The molecule has 3 atom stereocenters. The van der Waals surface area contributed by atoms with Crippen molar-refractivity contribution in [2.75, 3.05) is 17.2 Å². The first kappa shape index (κ1) is 22.8. The fourth-order valence-corrected chi connectivity index (χ4v) is 3.41. The highest BCUT2D eigenvalue weighted by atomic mass is 19.3. The molecule has 3 heterocycles. The standard InChI is InChI=1S/C20H20F2N4O7/c1-19(2)16(30)23-10-4-3-9(7-11(10)33-19)15(29)24-13-5-6-26(18(31)25-13)17-20(21,22)14(28)12(8-27)32-17/h3-7,12,14,17,27-28H,8H2,1-2H3,(H,23,30)(H,24,25,29,31)/t12-,14-,17?/m1/s1. The molecule has 0 aliphatic carbocycles. The third kappa shape index (κ3) is 3.94. The van der Waals surface area contributed by atoms with Gasteiger partial charge >= 0.3 is 11.6 Å². The molecule has 176 valence electrons. The minimum atomic E-state index is -3.85. The largest absolute Gasteiger partial charge is 0.476 e. The highest BCUT2D eigenvalue weighted by Crippen LogP contribution is 2.42. The molecule has 13 heteroatoms. The molecular weight excluding hydrogens is 446 g/mol. The molecule has 0 radical (unpaired) electrons. The highest BCUT2D eigenvalue weighted by molar-refractivity contribution is 6.06. The minimum Gasteiger partial charge on any atom is -0.476 e. The zero-order valence-electron chi connectivity index (χ0n) is 17.4. The Morgan fingerprint density at radius 2 is 2.03 bits per heavy atom. The van der Waals surface area contributed by atoms with E-state index >= 15 is 0 Å². The molecule has 1 unspecified atom stereocenters. The highest BCUT2D eigenvalue weighted by Gasteiger charge is 2.59. The van der Waals surface area contributed by atoms with Crippen molar-refractivity contribution in [3.05, 3.63) is 46.5 Å². The quantitative estimate of drug-likeness (QED) is 0.508. The summed E-state index contributed by atoms with van der Waals surface area (Å²) < 4.78 is 39.6. The number of aromatic nitrogens is 2. The van der Waals surface area contributed by atoms with Gasteiger partial charge in [0.25, 0.3) is 11.8 Å². The van der Waals surface area contributed by atoms with Crippen LogP contribution in [-0.2, 0) is 9.53 Å². The number of nitrogens with one attached hydrogen (secondary N) is 2. The lowest BCUT2D eigenvalue weighted by Gasteiger charge is -2.31. The summed E-state index contributed by atoms with van der Waals surface area (Å²) in [6, 6.07) is 5.40. The maximum atomic E-state index is 14.3. The molecule has 11 nitrogen and oxygen atoms in total. The molecule has 0 bridgehead atoms. The Morgan fingerprint density at radius 3 is 2.67 bits per heavy atom. The number of rotatable bonds is 4. The van der Waals surface area contributed by atoms with E-state index in [9.17, 15) is 28.3 Å². The van der Waals surface area contributed by atoms with E-state index in [1.165, 1.54) is 18.2 Å². The van der Waals surface area contributed by atoms with E-state index in [1.54, 1.807) is 13.8 Å². The van der Waals surface area contributed by atoms with Gasteiger partial charge in [-0.3, -0.25) is 14.2 Å². The maximum Gasteiger partial charge on any atom is 0.351 e. The lowest BCUT2D eigenvalue weighted by Crippen LogP contribution is -2.45. The number of alkyl halides is 2. The predicted molar refractivity (Wildman–Crippen MR) is 108 cm³/mol. The SMILES string of the molecule is CC1(C)Oc2cc(C(=O)Nc3ccn(C4O[C@H](CO)[C@@H](O)C4(F)F)c(=O)n3)ccc2NC1=O. The van der Waals surface area contributed by atoms with Gasteiger partial charge in [-0.15, -0.1) is 0 Å². The van der Waals surface area contributed by atoms with E-state index in [0.717, 1.165) is 12.3 Å². The van der Waals surface area contributed by atoms with Gasteiger partial charge in [-0.1, -0.05) is 0 Å². The van der Waals surface area contributed by atoms with E-state index in [1.807, 2.05) is 0 Å². The van der Waals surface area contributed by atoms with Crippen molar-refractivity contribution in [2.24, 2.45) is 0 Å². The van der Waals surface area contributed by atoms with Gasteiger partial charge in [0.2, 0.25) is 6.23 Å². The van der Waals surface area contributed by atoms with Crippen molar-refractivity contribution in [3.63, 3.8) is 0 Å². The molecule has 1 saturated heterocycles. The van der Waals surface area contributed by atoms with Crippen LogP contribution in [0.1, 0.15) is 30.4 Å². The summed E-state index contributed by atoms with van der Waals surface area (Å²) in [7, 11) is 0. The van der Waals surface area contributed by atoms with Crippen LogP contribution in [0.5, 0.6) is 5.75 Å². The van der Waals surface area contributed by atoms with Gasteiger partial charge in [-0.05, 0) is 38.1 Å².